The van der Waals surface area contributed by atoms with Crippen molar-refractivity contribution in [2.75, 3.05) is 37.6 Å². The predicted molar refractivity (Wildman–Crippen MR) is 113 cm³/mol. The van der Waals surface area contributed by atoms with Gasteiger partial charge in [0.15, 0.2) is 11.8 Å². The number of anilines is 1. The number of unbranched alkanes of at least 4 members (excludes halogenated alkanes) is 1. The highest BCUT2D eigenvalue weighted by atomic mass is 16.3. The van der Waals surface area contributed by atoms with Crippen molar-refractivity contribution >= 4 is 5.95 Å². The van der Waals surface area contributed by atoms with Gasteiger partial charge in [0.05, 0.1) is 0 Å². The van der Waals surface area contributed by atoms with Crippen LogP contribution in [0.4, 0.5) is 5.95 Å². The first-order valence-electron chi connectivity index (χ1n) is 10.9. The first-order chi connectivity index (χ1) is 14.0. The van der Waals surface area contributed by atoms with E-state index in [1.54, 1.807) is 17.0 Å². The smallest absolute Gasteiger partial charge is 0.225 e. The summed E-state index contributed by atoms with van der Waals surface area (Å²) in [6.07, 6.45) is 7.30. The Labute approximate surface area is 173 Å². The van der Waals surface area contributed by atoms with E-state index < -0.39 is 0 Å². The Bertz CT molecular complexity index is 781. The van der Waals surface area contributed by atoms with Crippen molar-refractivity contribution in [3.63, 3.8) is 0 Å². The predicted octanol–water partition coefficient (Wildman–Crippen LogP) is 2.66. The Morgan fingerprint density at radius 1 is 0.862 bits per heavy atom. The molecule has 2 aromatic rings. The van der Waals surface area contributed by atoms with Crippen LogP contribution in [0.2, 0.25) is 0 Å². The van der Waals surface area contributed by atoms with E-state index in [9.17, 15) is 10.2 Å². The van der Waals surface area contributed by atoms with Crippen LogP contribution in [0.15, 0.2) is 18.5 Å². The molecule has 1 fully saturated rings. The molecule has 158 valence electrons. The maximum absolute atomic E-state index is 10.6. The maximum Gasteiger partial charge on any atom is 0.225 e. The number of nitrogens with zero attached hydrogens (tertiary/aromatic N) is 5. The molecule has 2 aliphatic rings. The summed E-state index contributed by atoms with van der Waals surface area (Å²) >= 11 is 0. The number of aromatic nitrogens is 3. The number of piperazine rings is 1. The lowest BCUT2D eigenvalue weighted by Gasteiger charge is -2.34. The van der Waals surface area contributed by atoms with E-state index in [2.05, 4.69) is 33.6 Å². The fourth-order valence-electron chi connectivity index (χ4n) is 4.61. The number of fused-ring (bicyclic) bond motifs is 1. The van der Waals surface area contributed by atoms with Crippen molar-refractivity contribution in [1.82, 2.24) is 19.4 Å². The molecule has 2 unspecified atom stereocenters. The second kappa shape index (κ2) is 8.61. The molecule has 0 aromatic carbocycles. The van der Waals surface area contributed by atoms with E-state index in [4.69, 9.17) is 0 Å². The molecule has 0 amide bonds. The van der Waals surface area contributed by atoms with Gasteiger partial charge >= 0.3 is 0 Å². The summed E-state index contributed by atoms with van der Waals surface area (Å²) in [7, 11) is 0. The Morgan fingerprint density at radius 3 is 2.00 bits per heavy atom. The van der Waals surface area contributed by atoms with Crippen molar-refractivity contribution in [3.8, 4) is 11.8 Å². The maximum atomic E-state index is 10.6. The molecular weight excluding hydrogens is 366 g/mol. The molecule has 3 heterocycles. The lowest BCUT2D eigenvalue weighted by Crippen LogP contribution is -2.47. The van der Waals surface area contributed by atoms with E-state index in [0.29, 0.717) is 18.4 Å². The second-order valence-electron chi connectivity index (χ2n) is 8.70. The normalized spacial score (nSPS) is 22.6. The largest absolute Gasteiger partial charge is 0.494 e. The number of rotatable bonds is 6. The molecule has 2 aromatic heterocycles. The van der Waals surface area contributed by atoms with Gasteiger partial charge in [-0.15, -0.1) is 0 Å². The topological polar surface area (TPSA) is 77.7 Å². The van der Waals surface area contributed by atoms with Gasteiger partial charge in [0, 0.05) is 56.2 Å². The van der Waals surface area contributed by atoms with Crippen LogP contribution in [0.1, 0.15) is 37.8 Å². The van der Waals surface area contributed by atoms with E-state index >= 15 is 0 Å². The molecule has 4 rings (SSSR count). The number of aromatic hydroxyl groups is 2. The molecule has 0 saturated carbocycles. The van der Waals surface area contributed by atoms with Gasteiger partial charge in [-0.1, -0.05) is 13.8 Å². The summed E-state index contributed by atoms with van der Waals surface area (Å²) < 4.78 is 1.72. The number of hydrogen-bond acceptors (Lipinski definition) is 6. The fraction of sp³-hybridized carbons (Fsp3) is 0.636. The van der Waals surface area contributed by atoms with Crippen LogP contribution >= 0.6 is 0 Å². The van der Waals surface area contributed by atoms with Crippen molar-refractivity contribution in [2.24, 2.45) is 11.8 Å². The molecule has 29 heavy (non-hydrogen) atoms. The lowest BCUT2D eigenvalue weighted by molar-refractivity contribution is 0.248. The van der Waals surface area contributed by atoms with Gasteiger partial charge in [-0.25, -0.2) is 9.97 Å². The minimum atomic E-state index is 0.285. The highest BCUT2D eigenvalue weighted by Gasteiger charge is 2.30. The minimum absolute atomic E-state index is 0.285. The zero-order valence-electron chi connectivity index (χ0n) is 17.6. The molecule has 1 aliphatic heterocycles. The quantitative estimate of drug-likeness (QED) is 0.727. The van der Waals surface area contributed by atoms with E-state index in [0.717, 1.165) is 75.5 Å². The first-order valence-corrected chi connectivity index (χ1v) is 10.9. The zero-order valence-corrected chi connectivity index (χ0v) is 17.6. The van der Waals surface area contributed by atoms with E-state index in [-0.39, 0.29) is 11.8 Å². The molecule has 2 N–H and O–H groups in total. The van der Waals surface area contributed by atoms with Gasteiger partial charge in [-0.05, 0) is 50.1 Å². The highest BCUT2D eigenvalue weighted by Crippen LogP contribution is 2.42. The van der Waals surface area contributed by atoms with Crippen molar-refractivity contribution in [2.45, 2.75) is 46.1 Å². The zero-order chi connectivity index (χ0) is 20.4. The van der Waals surface area contributed by atoms with Gasteiger partial charge in [0.25, 0.3) is 0 Å². The third-order valence-corrected chi connectivity index (χ3v) is 6.75. The van der Waals surface area contributed by atoms with Crippen molar-refractivity contribution < 1.29 is 10.2 Å². The summed E-state index contributed by atoms with van der Waals surface area (Å²) in [6, 6.07) is 1.84. The van der Waals surface area contributed by atoms with E-state index in [1.807, 2.05) is 6.07 Å². The second-order valence-corrected chi connectivity index (χ2v) is 8.70. The standard InChI is InChI=1S/C22H33N5O2/c1-16-14-18-19(15-17(16)2)21(29)27(20(18)28)9-4-3-8-25-10-12-26(13-11-25)22-23-6-5-7-24-22/h5-7,16-17,28-29H,3-4,8-15H2,1-2H3. The third-order valence-electron chi connectivity index (χ3n) is 6.75. The summed E-state index contributed by atoms with van der Waals surface area (Å²) in [5, 5.41) is 21.2. The molecule has 2 atom stereocenters. The van der Waals surface area contributed by atoms with Gasteiger partial charge < -0.3 is 15.1 Å². The Morgan fingerprint density at radius 2 is 1.41 bits per heavy atom. The Hall–Kier alpha value is -2.28. The molecule has 1 saturated heterocycles. The average molecular weight is 400 g/mol. The van der Waals surface area contributed by atoms with Crippen LogP contribution in [0, 0.1) is 11.8 Å². The summed E-state index contributed by atoms with van der Waals surface area (Å²) in [4.78, 5) is 13.4. The Balaban J connectivity index is 1.24. The number of hydrogen-bond donors (Lipinski definition) is 2. The third kappa shape index (κ3) is 4.20. The van der Waals surface area contributed by atoms with Gasteiger partial charge in [0.1, 0.15) is 0 Å². The van der Waals surface area contributed by atoms with E-state index in [1.165, 1.54) is 0 Å². The first kappa shape index (κ1) is 20.0. The Kier molecular flexibility index (Phi) is 5.94. The molecule has 0 radical (unpaired) electrons. The highest BCUT2D eigenvalue weighted by molar-refractivity contribution is 5.47. The van der Waals surface area contributed by atoms with Crippen LogP contribution in [0.5, 0.6) is 11.8 Å². The van der Waals surface area contributed by atoms with Crippen LogP contribution in [0.3, 0.4) is 0 Å². The summed E-state index contributed by atoms with van der Waals surface area (Å²) in [5.74, 6) is 2.48. The summed E-state index contributed by atoms with van der Waals surface area (Å²) in [5.41, 5.74) is 1.93. The summed E-state index contributed by atoms with van der Waals surface area (Å²) in [6.45, 7) is 10.1. The molecular formula is C22H33N5O2. The monoisotopic (exact) mass is 399 g/mol. The van der Waals surface area contributed by atoms with Crippen LogP contribution < -0.4 is 4.90 Å². The average Bonchev–Trinajstić information content (AvgIpc) is 2.96. The molecule has 7 nitrogen and oxygen atoms in total. The van der Waals surface area contributed by atoms with Gasteiger partial charge in [-0.3, -0.25) is 9.47 Å². The SMILES string of the molecule is CC1Cc2c(c(O)n(CCCCN3CCN(c4ncccn4)CC3)c2O)CC1C. The molecule has 0 bridgehead atoms. The fourth-order valence-corrected chi connectivity index (χ4v) is 4.61. The lowest BCUT2D eigenvalue weighted by atomic mass is 9.79. The molecule has 0 spiro atoms. The van der Waals surface area contributed by atoms with Crippen LogP contribution in [-0.2, 0) is 19.4 Å². The van der Waals surface area contributed by atoms with Crippen LogP contribution in [-0.4, -0.2) is 62.4 Å². The van der Waals surface area contributed by atoms with Crippen LogP contribution in [0.25, 0.3) is 0 Å². The van der Waals surface area contributed by atoms with Crippen molar-refractivity contribution in [3.05, 3.63) is 29.6 Å². The molecule has 1 aliphatic carbocycles. The molecule has 7 heteroatoms. The minimum Gasteiger partial charge on any atom is -0.494 e. The van der Waals surface area contributed by atoms with Gasteiger partial charge in [0.2, 0.25) is 5.95 Å². The van der Waals surface area contributed by atoms with Gasteiger partial charge in [-0.2, -0.15) is 0 Å². The van der Waals surface area contributed by atoms with Crippen molar-refractivity contribution in [1.29, 1.82) is 0 Å².